The fourth-order valence-electron chi connectivity index (χ4n) is 0.944. The fourth-order valence-corrected chi connectivity index (χ4v) is 0.944. The average Bonchev–Trinajstić information content (AvgIpc) is 1.98. The van der Waals surface area contributed by atoms with Crippen LogP contribution < -0.4 is 10.5 Å². The van der Waals surface area contributed by atoms with Crippen LogP contribution >= 0.6 is 0 Å². The summed E-state index contributed by atoms with van der Waals surface area (Å²) in [6.07, 6.45) is 0. The second kappa shape index (κ2) is 3.55. The van der Waals surface area contributed by atoms with Gasteiger partial charge in [0.05, 0.1) is 5.69 Å². The molecule has 2 nitrogen and oxygen atoms in total. The van der Waals surface area contributed by atoms with Crippen molar-refractivity contribution in [1.82, 2.24) is 0 Å². The molecule has 0 aliphatic heterocycles. The van der Waals surface area contributed by atoms with Gasteiger partial charge in [0.25, 0.3) is 0 Å². The van der Waals surface area contributed by atoms with E-state index in [-0.39, 0.29) is 5.69 Å². The van der Waals surface area contributed by atoms with Crippen molar-refractivity contribution in [3.8, 4) is 5.75 Å². The summed E-state index contributed by atoms with van der Waals surface area (Å²) in [5.41, 5.74) is 5.56. The van der Waals surface area contributed by atoms with E-state index in [0.29, 0.717) is 5.56 Å². The van der Waals surface area contributed by atoms with Gasteiger partial charge in [0, 0.05) is 0 Å². The molecule has 1 aromatic carbocycles. The Morgan fingerprint density at radius 1 is 1.38 bits per heavy atom. The van der Waals surface area contributed by atoms with E-state index in [1.54, 1.807) is 6.92 Å². The van der Waals surface area contributed by atoms with Gasteiger partial charge in [0.1, 0.15) is 0 Å². The first-order chi connectivity index (χ1) is 6.00. The maximum Gasteiger partial charge on any atom is 0.387 e. The number of benzene rings is 1. The maximum absolute atomic E-state index is 13.0. The minimum Gasteiger partial charge on any atom is -0.432 e. The number of nitrogen functional groups attached to an aromatic ring is 1. The first-order valence-electron chi connectivity index (χ1n) is 3.51. The predicted octanol–water partition coefficient (Wildman–Crippen LogP) is 2.32. The molecule has 0 aromatic heterocycles. The molecule has 0 aliphatic rings. The van der Waals surface area contributed by atoms with Crippen LogP contribution in [0.2, 0.25) is 0 Å². The Morgan fingerprint density at radius 3 is 2.54 bits per heavy atom. The summed E-state index contributed by atoms with van der Waals surface area (Å²) in [5.74, 6) is -1.47. The number of hydrogen-bond donors (Lipinski definition) is 1. The van der Waals surface area contributed by atoms with E-state index >= 15 is 0 Å². The number of anilines is 1. The van der Waals surface area contributed by atoms with Crippen molar-refractivity contribution in [2.24, 2.45) is 0 Å². The number of halogens is 3. The van der Waals surface area contributed by atoms with Crippen LogP contribution in [0.3, 0.4) is 0 Å². The highest BCUT2D eigenvalue weighted by Crippen LogP contribution is 2.25. The van der Waals surface area contributed by atoms with Crippen LogP contribution in [-0.4, -0.2) is 6.61 Å². The molecule has 0 saturated carbocycles. The molecule has 0 unspecified atom stereocenters. The molecule has 0 bridgehead atoms. The molecule has 0 heterocycles. The number of ether oxygens (including phenoxy) is 1. The Labute approximate surface area is 73.1 Å². The molecular formula is C8H8F3NO. The van der Waals surface area contributed by atoms with Gasteiger partial charge in [-0.1, -0.05) is 0 Å². The van der Waals surface area contributed by atoms with Gasteiger partial charge in [-0.2, -0.15) is 8.78 Å². The third kappa shape index (κ3) is 2.27. The second-order valence-corrected chi connectivity index (χ2v) is 2.54. The van der Waals surface area contributed by atoms with Crippen LogP contribution in [0.15, 0.2) is 12.1 Å². The Balaban J connectivity index is 3.05. The Kier molecular flexibility index (Phi) is 2.65. The molecule has 1 rings (SSSR count). The highest BCUT2D eigenvalue weighted by molar-refractivity contribution is 5.49. The van der Waals surface area contributed by atoms with Crippen LogP contribution in [-0.2, 0) is 0 Å². The average molecular weight is 191 g/mol. The van der Waals surface area contributed by atoms with Crippen LogP contribution in [0.5, 0.6) is 5.75 Å². The minimum atomic E-state index is -3.05. The quantitative estimate of drug-likeness (QED) is 0.728. The molecule has 0 atom stereocenters. The normalized spacial score (nSPS) is 10.5. The summed E-state index contributed by atoms with van der Waals surface area (Å²) in [7, 11) is 0. The van der Waals surface area contributed by atoms with Gasteiger partial charge in [-0.15, -0.1) is 0 Å². The number of aryl methyl sites for hydroxylation is 1. The maximum atomic E-state index is 13.0. The standard InChI is InChI=1S/C8H8F3NO/c1-4-2-5(12)7(9)6(3-4)13-8(10)11/h2-3,8H,12H2,1H3. The lowest BCUT2D eigenvalue weighted by Gasteiger charge is -2.08. The number of rotatable bonds is 2. The Hall–Kier alpha value is -1.39. The van der Waals surface area contributed by atoms with Crippen LogP contribution in [0.1, 0.15) is 5.56 Å². The second-order valence-electron chi connectivity index (χ2n) is 2.54. The van der Waals surface area contributed by atoms with E-state index in [4.69, 9.17) is 5.73 Å². The third-order valence-electron chi connectivity index (χ3n) is 1.43. The minimum absolute atomic E-state index is 0.198. The van der Waals surface area contributed by atoms with Gasteiger partial charge in [-0.25, -0.2) is 4.39 Å². The van der Waals surface area contributed by atoms with Gasteiger partial charge in [-0.05, 0) is 24.6 Å². The van der Waals surface area contributed by atoms with Crippen molar-refractivity contribution in [1.29, 1.82) is 0 Å². The first-order valence-corrected chi connectivity index (χ1v) is 3.51. The lowest BCUT2D eigenvalue weighted by molar-refractivity contribution is -0.0521. The van der Waals surface area contributed by atoms with Gasteiger partial charge in [0.2, 0.25) is 0 Å². The monoisotopic (exact) mass is 191 g/mol. The van der Waals surface area contributed by atoms with Gasteiger partial charge in [-0.3, -0.25) is 0 Å². The zero-order valence-electron chi connectivity index (χ0n) is 6.85. The van der Waals surface area contributed by atoms with Crippen molar-refractivity contribution in [2.45, 2.75) is 13.5 Å². The molecule has 0 amide bonds. The summed E-state index contributed by atoms with van der Waals surface area (Å²) in [6, 6.07) is 2.51. The summed E-state index contributed by atoms with van der Waals surface area (Å²) < 4.78 is 40.3. The van der Waals surface area contributed by atoms with Crippen LogP contribution in [0.4, 0.5) is 18.9 Å². The molecule has 1 aromatic rings. The summed E-state index contributed by atoms with van der Waals surface area (Å²) in [4.78, 5) is 0. The van der Waals surface area contributed by atoms with E-state index in [1.165, 1.54) is 6.07 Å². The summed E-state index contributed by atoms with van der Waals surface area (Å²) in [6.45, 7) is -1.44. The van der Waals surface area contributed by atoms with Gasteiger partial charge < -0.3 is 10.5 Å². The van der Waals surface area contributed by atoms with Crippen molar-refractivity contribution < 1.29 is 17.9 Å². The lowest BCUT2D eigenvalue weighted by Crippen LogP contribution is -2.05. The summed E-state index contributed by atoms with van der Waals surface area (Å²) in [5, 5.41) is 0. The van der Waals surface area contributed by atoms with Gasteiger partial charge in [0.15, 0.2) is 11.6 Å². The number of hydrogen-bond acceptors (Lipinski definition) is 2. The molecule has 0 radical (unpaired) electrons. The molecule has 2 N–H and O–H groups in total. The topological polar surface area (TPSA) is 35.2 Å². The first kappa shape index (κ1) is 9.70. The highest BCUT2D eigenvalue weighted by atomic mass is 19.3. The molecule has 72 valence electrons. The van der Waals surface area contributed by atoms with Gasteiger partial charge >= 0.3 is 6.61 Å². The smallest absolute Gasteiger partial charge is 0.387 e. The summed E-state index contributed by atoms with van der Waals surface area (Å²) >= 11 is 0. The van der Waals surface area contributed by atoms with Crippen molar-refractivity contribution in [3.63, 3.8) is 0 Å². The largest absolute Gasteiger partial charge is 0.432 e. The highest BCUT2D eigenvalue weighted by Gasteiger charge is 2.12. The van der Waals surface area contributed by atoms with Crippen molar-refractivity contribution >= 4 is 5.69 Å². The third-order valence-corrected chi connectivity index (χ3v) is 1.43. The van der Waals surface area contributed by atoms with E-state index in [9.17, 15) is 13.2 Å². The Morgan fingerprint density at radius 2 is 2.00 bits per heavy atom. The van der Waals surface area contributed by atoms with E-state index in [2.05, 4.69) is 4.74 Å². The van der Waals surface area contributed by atoms with E-state index in [0.717, 1.165) is 6.07 Å². The van der Waals surface area contributed by atoms with Crippen molar-refractivity contribution in [2.75, 3.05) is 5.73 Å². The van der Waals surface area contributed by atoms with E-state index in [1.807, 2.05) is 0 Å². The lowest BCUT2D eigenvalue weighted by atomic mass is 10.2. The molecule has 5 heteroatoms. The molecule has 0 spiro atoms. The number of alkyl halides is 2. The molecule has 0 aliphatic carbocycles. The molecule has 0 fully saturated rings. The van der Waals surface area contributed by atoms with Crippen LogP contribution in [0, 0.1) is 12.7 Å². The zero-order chi connectivity index (χ0) is 10.0. The molecule has 13 heavy (non-hydrogen) atoms. The fraction of sp³-hybridized carbons (Fsp3) is 0.250. The zero-order valence-corrected chi connectivity index (χ0v) is 6.85. The SMILES string of the molecule is Cc1cc(N)c(F)c(OC(F)F)c1. The number of nitrogens with two attached hydrogens (primary N) is 1. The van der Waals surface area contributed by atoms with Crippen LogP contribution in [0.25, 0.3) is 0 Å². The molecule has 0 saturated heterocycles. The van der Waals surface area contributed by atoms with E-state index < -0.39 is 18.2 Å². The predicted molar refractivity (Wildman–Crippen MR) is 42.2 cm³/mol. The van der Waals surface area contributed by atoms with Crippen molar-refractivity contribution in [3.05, 3.63) is 23.5 Å². The Bertz CT molecular complexity index is 315. The molecular weight excluding hydrogens is 183 g/mol.